The van der Waals surface area contributed by atoms with Gasteiger partial charge in [0.15, 0.2) is 5.96 Å². The molecule has 7 heteroatoms. The van der Waals surface area contributed by atoms with Gasteiger partial charge in [0.05, 0.1) is 13.1 Å². The second-order valence-electron chi connectivity index (χ2n) is 3.79. The van der Waals surface area contributed by atoms with Gasteiger partial charge in [-0.3, -0.25) is 9.69 Å². The molecule has 0 aromatic rings. The van der Waals surface area contributed by atoms with Gasteiger partial charge in [-0.25, -0.2) is 9.79 Å². The number of imide groups is 1. The molecule has 3 amide bonds. The Labute approximate surface area is 99.7 Å². The molecule has 0 unspecified atom stereocenters. The van der Waals surface area contributed by atoms with Crippen molar-refractivity contribution in [1.29, 1.82) is 0 Å². The molecule has 0 aromatic carbocycles. The van der Waals surface area contributed by atoms with Crippen LogP contribution in [0.5, 0.6) is 0 Å². The SMILES string of the molecule is C=C(C)CN=C(N)NCCN1C(=O)CNC1=O. The smallest absolute Gasteiger partial charge is 0.324 e. The van der Waals surface area contributed by atoms with E-state index in [4.69, 9.17) is 5.73 Å². The van der Waals surface area contributed by atoms with E-state index in [0.717, 1.165) is 10.5 Å². The molecule has 0 radical (unpaired) electrons. The second kappa shape index (κ2) is 5.88. The minimum Gasteiger partial charge on any atom is -0.370 e. The summed E-state index contributed by atoms with van der Waals surface area (Å²) in [5, 5.41) is 5.25. The van der Waals surface area contributed by atoms with Crippen LogP contribution < -0.4 is 16.4 Å². The number of urea groups is 1. The number of hydrogen-bond acceptors (Lipinski definition) is 3. The molecule has 0 saturated carbocycles. The molecule has 7 nitrogen and oxygen atoms in total. The first-order chi connectivity index (χ1) is 8.00. The van der Waals surface area contributed by atoms with Crippen molar-refractivity contribution in [2.24, 2.45) is 10.7 Å². The van der Waals surface area contributed by atoms with Crippen LogP contribution in [-0.2, 0) is 4.79 Å². The molecule has 17 heavy (non-hydrogen) atoms. The highest BCUT2D eigenvalue weighted by Gasteiger charge is 2.27. The summed E-state index contributed by atoms with van der Waals surface area (Å²) in [6, 6.07) is -0.366. The van der Waals surface area contributed by atoms with E-state index in [1.54, 1.807) is 0 Å². The first-order valence-corrected chi connectivity index (χ1v) is 5.27. The summed E-state index contributed by atoms with van der Waals surface area (Å²) in [5.74, 6) is 0.0503. The highest BCUT2D eigenvalue weighted by Crippen LogP contribution is 1.96. The third kappa shape index (κ3) is 4.13. The Morgan fingerprint density at radius 1 is 1.65 bits per heavy atom. The molecule has 1 aliphatic heterocycles. The van der Waals surface area contributed by atoms with Gasteiger partial charge in [0.25, 0.3) is 0 Å². The fourth-order valence-electron chi connectivity index (χ4n) is 1.25. The third-order valence-corrected chi connectivity index (χ3v) is 2.10. The van der Waals surface area contributed by atoms with Gasteiger partial charge in [0.1, 0.15) is 0 Å². The lowest BCUT2D eigenvalue weighted by Crippen LogP contribution is -2.41. The molecule has 1 rings (SSSR count). The van der Waals surface area contributed by atoms with Crippen molar-refractivity contribution in [1.82, 2.24) is 15.5 Å². The number of guanidine groups is 1. The minimum absolute atomic E-state index is 0.0675. The summed E-state index contributed by atoms with van der Waals surface area (Å²) in [6.45, 7) is 6.72. The molecule has 94 valence electrons. The number of nitrogens with one attached hydrogen (secondary N) is 2. The van der Waals surface area contributed by atoms with Crippen LogP contribution in [0.4, 0.5) is 4.79 Å². The summed E-state index contributed by atoms with van der Waals surface area (Å²) in [7, 11) is 0. The van der Waals surface area contributed by atoms with Crippen molar-refractivity contribution < 1.29 is 9.59 Å². The average Bonchev–Trinajstić information content (AvgIpc) is 2.57. The lowest BCUT2D eigenvalue weighted by atomic mass is 10.4. The Bertz CT molecular complexity index is 348. The van der Waals surface area contributed by atoms with E-state index in [2.05, 4.69) is 22.2 Å². The van der Waals surface area contributed by atoms with E-state index in [1.807, 2.05) is 6.92 Å². The van der Waals surface area contributed by atoms with Crippen molar-refractivity contribution in [2.45, 2.75) is 6.92 Å². The molecule has 1 fully saturated rings. The lowest BCUT2D eigenvalue weighted by molar-refractivity contribution is -0.124. The number of carbonyl (C=O) groups is 2. The Morgan fingerprint density at radius 2 is 2.35 bits per heavy atom. The van der Waals surface area contributed by atoms with Crippen LogP contribution in [-0.4, -0.2) is 49.0 Å². The van der Waals surface area contributed by atoms with Gasteiger partial charge in [0.2, 0.25) is 5.91 Å². The van der Waals surface area contributed by atoms with Gasteiger partial charge in [-0.05, 0) is 6.92 Å². The van der Waals surface area contributed by atoms with E-state index >= 15 is 0 Å². The number of carbonyl (C=O) groups excluding carboxylic acids is 2. The summed E-state index contributed by atoms with van der Waals surface area (Å²) >= 11 is 0. The maximum absolute atomic E-state index is 11.2. The topological polar surface area (TPSA) is 99.8 Å². The number of aliphatic imine (C=N–C) groups is 1. The van der Waals surface area contributed by atoms with Crippen molar-refractivity contribution in [3.05, 3.63) is 12.2 Å². The monoisotopic (exact) mass is 239 g/mol. The standard InChI is InChI=1S/C10H17N5O2/c1-7(2)5-13-9(11)12-3-4-15-8(16)6-14-10(15)17/h1,3-6H2,2H3,(H,14,17)(H3,11,12,13). The highest BCUT2D eigenvalue weighted by molar-refractivity contribution is 6.01. The zero-order chi connectivity index (χ0) is 12.8. The van der Waals surface area contributed by atoms with Crippen molar-refractivity contribution in [3.8, 4) is 0 Å². The quantitative estimate of drug-likeness (QED) is 0.248. The van der Waals surface area contributed by atoms with Crippen molar-refractivity contribution in [2.75, 3.05) is 26.2 Å². The fourth-order valence-corrected chi connectivity index (χ4v) is 1.25. The van der Waals surface area contributed by atoms with Gasteiger partial charge >= 0.3 is 6.03 Å². The minimum atomic E-state index is -0.366. The average molecular weight is 239 g/mol. The molecule has 1 saturated heterocycles. The molecule has 0 aromatic heterocycles. The maximum atomic E-state index is 11.2. The van der Waals surface area contributed by atoms with Crippen LogP contribution in [0, 0.1) is 0 Å². The van der Waals surface area contributed by atoms with Gasteiger partial charge in [-0.1, -0.05) is 12.2 Å². The fraction of sp³-hybridized carbons (Fsp3) is 0.500. The number of nitrogens with zero attached hydrogens (tertiary/aromatic N) is 2. The van der Waals surface area contributed by atoms with Crippen LogP contribution in [0.2, 0.25) is 0 Å². The lowest BCUT2D eigenvalue weighted by Gasteiger charge is -2.12. The van der Waals surface area contributed by atoms with Gasteiger partial charge in [-0.2, -0.15) is 0 Å². The van der Waals surface area contributed by atoms with Crippen LogP contribution in [0.3, 0.4) is 0 Å². The number of amides is 3. The van der Waals surface area contributed by atoms with Crippen molar-refractivity contribution in [3.63, 3.8) is 0 Å². The normalized spacial score (nSPS) is 16.1. The van der Waals surface area contributed by atoms with E-state index in [1.165, 1.54) is 0 Å². The van der Waals surface area contributed by atoms with Crippen LogP contribution in [0.15, 0.2) is 17.1 Å². The summed E-state index contributed by atoms with van der Waals surface area (Å²) in [5.41, 5.74) is 6.48. The predicted octanol–water partition coefficient (Wildman–Crippen LogP) is -0.981. The van der Waals surface area contributed by atoms with Crippen LogP contribution in [0.25, 0.3) is 0 Å². The largest absolute Gasteiger partial charge is 0.370 e. The maximum Gasteiger partial charge on any atom is 0.324 e. The molecule has 0 spiro atoms. The Hall–Kier alpha value is -2.05. The first-order valence-electron chi connectivity index (χ1n) is 5.27. The molecule has 1 heterocycles. The molecule has 0 aliphatic carbocycles. The zero-order valence-corrected chi connectivity index (χ0v) is 9.82. The molecule has 4 N–H and O–H groups in total. The van der Waals surface area contributed by atoms with E-state index < -0.39 is 0 Å². The number of nitrogens with two attached hydrogens (primary N) is 1. The summed E-state index contributed by atoms with van der Waals surface area (Å²) in [4.78, 5) is 27.5. The first kappa shape index (κ1) is 13.0. The number of hydrogen-bond donors (Lipinski definition) is 3. The summed E-state index contributed by atoms with van der Waals surface area (Å²) < 4.78 is 0. The number of rotatable bonds is 5. The molecule has 0 atom stereocenters. The predicted molar refractivity (Wildman–Crippen MR) is 64.4 cm³/mol. The third-order valence-electron chi connectivity index (χ3n) is 2.10. The Balaban J connectivity index is 2.28. The van der Waals surface area contributed by atoms with Crippen LogP contribution >= 0.6 is 0 Å². The van der Waals surface area contributed by atoms with Gasteiger partial charge < -0.3 is 16.4 Å². The molecule has 0 bridgehead atoms. The van der Waals surface area contributed by atoms with E-state index in [0.29, 0.717) is 13.1 Å². The van der Waals surface area contributed by atoms with Crippen molar-refractivity contribution >= 4 is 17.9 Å². The Morgan fingerprint density at radius 3 is 2.88 bits per heavy atom. The summed E-state index contributed by atoms with van der Waals surface area (Å²) in [6.07, 6.45) is 0. The van der Waals surface area contributed by atoms with Crippen LogP contribution in [0.1, 0.15) is 6.92 Å². The molecule has 1 aliphatic rings. The van der Waals surface area contributed by atoms with E-state index in [9.17, 15) is 9.59 Å². The van der Waals surface area contributed by atoms with Gasteiger partial charge in [0, 0.05) is 13.1 Å². The zero-order valence-electron chi connectivity index (χ0n) is 9.82. The molecular weight excluding hydrogens is 222 g/mol. The highest BCUT2D eigenvalue weighted by atomic mass is 16.2. The second-order valence-corrected chi connectivity index (χ2v) is 3.79. The Kier molecular flexibility index (Phi) is 4.50. The van der Waals surface area contributed by atoms with Gasteiger partial charge in [-0.15, -0.1) is 0 Å². The molecular formula is C10H17N5O2. The van der Waals surface area contributed by atoms with E-state index in [-0.39, 0.29) is 31.0 Å².